The summed E-state index contributed by atoms with van der Waals surface area (Å²) in [5.74, 6) is 1.01. The molecule has 4 rings (SSSR count). The van der Waals surface area contributed by atoms with Gasteiger partial charge in [0.2, 0.25) is 0 Å². The molecule has 2 aromatic heterocycles. The van der Waals surface area contributed by atoms with Crippen LogP contribution in [-0.4, -0.2) is 64.7 Å². The zero-order chi connectivity index (χ0) is 31.6. The van der Waals surface area contributed by atoms with Crippen molar-refractivity contribution in [2.75, 3.05) is 39.3 Å². The van der Waals surface area contributed by atoms with E-state index in [-0.39, 0.29) is 17.1 Å². The number of hydrogen-bond donors (Lipinski definition) is 5. The summed E-state index contributed by atoms with van der Waals surface area (Å²) in [6.45, 7) is 20.3. The number of nitrogens with zero attached hydrogens (tertiary/aromatic N) is 4. The number of aliphatic imine (C=N–C) groups is 1. The van der Waals surface area contributed by atoms with Gasteiger partial charge in [0.05, 0.1) is 5.69 Å². The number of unbranched alkanes of at least 4 members (excludes halogenated alkanes) is 1. The monoisotopic (exact) mass is 593 g/mol. The summed E-state index contributed by atoms with van der Waals surface area (Å²) >= 11 is 0. The smallest absolute Gasteiger partial charge is 0.354 e. The fourth-order valence-corrected chi connectivity index (χ4v) is 5.23. The average Bonchev–Trinajstić information content (AvgIpc) is 3.58. The van der Waals surface area contributed by atoms with E-state index in [1.807, 2.05) is 30.5 Å². The van der Waals surface area contributed by atoms with Gasteiger partial charge >= 0.3 is 5.69 Å². The van der Waals surface area contributed by atoms with Crippen LogP contribution in [0, 0.1) is 11.3 Å². The summed E-state index contributed by atoms with van der Waals surface area (Å²) in [4.78, 5) is 26.5. The molecule has 8 N–H and O–H groups in total. The Kier molecular flexibility index (Phi) is 12.4. The van der Waals surface area contributed by atoms with E-state index in [2.05, 4.69) is 72.8 Å². The molecule has 3 aromatic rings. The van der Waals surface area contributed by atoms with Crippen molar-refractivity contribution in [2.24, 2.45) is 33.5 Å². The van der Waals surface area contributed by atoms with Gasteiger partial charge in [-0.3, -0.25) is 9.56 Å². The first-order chi connectivity index (χ1) is 20.3. The first kappa shape index (κ1) is 34.3. The highest BCUT2D eigenvalue weighted by Crippen LogP contribution is 2.33. The lowest BCUT2D eigenvalue weighted by Gasteiger charge is -2.27. The zero-order valence-corrected chi connectivity index (χ0v) is 27.2. The second kappa shape index (κ2) is 15.5. The van der Waals surface area contributed by atoms with Crippen molar-refractivity contribution in [1.29, 1.82) is 0 Å². The summed E-state index contributed by atoms with van der Waals surface area (Å²) < 4.78 is 1.58. The number of nitrogens with one attached hydrogen (secondary N) is 2. The minimum absolute atomic E-state index is 0.0352. The van der Waals surface area contributed by atoms with Crippen molar-refractivity contribution in [3.8, 4) is 5.69 Å². The molecule has 0 radical (unpaired) electrons. The average molecular weight is 594 g/mol. The fourth-order valence-electron chi connectivity index (χ4n) is 5.23. The summed E-state index contributed by atoms with van der Waals surface area (Å²) in [6.07, 6.45) is 6.54. The summed E-state index contributed by atoms with van der Waals surface area (Å²) in [5, 5.41) is 4.27. The predicted molar refractivity (Wildman–Crippen MR) is 180 cm³/mol. The first-order valence-electron chi connectivity index (χ1n) is 15.7. The maximum atomic E-state index is 12.5. The van der Waals surface area contributed by atoms with Crippen LogP contribution >= 0.6 is 0 Å². The normalized spacial score (nSPS) is 15.8. The van der Waals surface area contributed by atoms with Gasteiger partial charge in [-0.05, 0) is 87.0 Å². The number of aromatic nitrogens is 3. The van der Waals surface area contributed by atoms with Gasteiger partial charge in [-0.25, -0.2) is 4.79 Å². The van der Waals surface area contributed by atoms with Crippen molar-refractivity contribution in [2.45, 2.75) is 79.2 Å². The van der Waals surface area contributed by atoms with Crippen LogP contribution in [0.1, 0.15) is 78.5 Å². The molecular formula is C33H55N9O. The van der Waals surface area contributed by atoms with E-state index < -0.39 is 0 Å². The molecule has 1 atom stereocenters. The number of likely N-dealkylation sites (tertiary alicyclic amines) is 1. The second-order valence-corrected chi connectivity index (χ2v) is 13.8. The van der Waals surface area contributed by atoms with Gasteiger partial charge in [-0.2, -0.15) is 4.98 Å². The topological polar surface area (TPSA) is 156 Å². The number of guanidine groups is 1. The van der Waals surface area contributed by atoms with Gasteiger partial charge < -0.3 is 32.4 Å². The lowest BCUT2D eigenvalue weighted by molar-refractivity contribution is 0.228. The van der Waals surface area contributed by atoms with Gasteiger partial charge in [0, 0.05) is 42.3 Å². The molecule has 3 heterocycles. The van der Waals surface area contributed by atoms with Crippen LogP contribution < -0.4 is 28.2 Å². The highest BCUT2D eigenvalue weighted by Gasteiger charge is 2.31. The van der Waals surface area contributed by atoms with Gasteiger partial charge in [-0.1, -0.05) is 53.7 Å². The van der Waals surface area contributed by atoms with E-state index in [0.29, 0.717) is 17.6 Å². The number of benzene rings is 1. The predicted octanol–water partition coefficient (Wildman–Crippen LogP) is 3.86. The third-order valence-electron chi connectivity index (χ3n) is 8.09. The van der Waals surface area contributed by atoms with Gasteiger partial charge in [-0.15, -0.1) is 0 Å². The molecule has 1 aliphatic rings. The quantitative estimate of drug-likeness (QED) is 0.128. The number of H-pyrrole nitrogens is 1. The lowest BCUT2D eigenvalue weighted by atomic mass is 9.80. The number of aromatic amines is 1. The van der Waals surface area contributed by atoms with Crippen molar-refractivity contribution >= 4 is 17.0 Å². The molecule has 0 bridgehead atoms. The van der Waals surface area contributed by atoms with E-state index >= 15 is 0 Å². The molecule has 1 aromatic carbocycles. The van der Waals surface area contributed by atoms with Crippen LogP contribution in [0.2, 0.25) is 0 Å². The molecular weight excluding hydrogens is 538 g/mol. The van der Waals surface area contributed by atoms with Crippen LogP contribution in [0.4, 0.5) is 0 Å². The Balaban J connectivity index is 0.000000303. The highest BCUT2D eigenvalue weighted by atomic mass is 16.1. The van der Waals surface area contributed by atoms with Crippen LogP contribution in [0.3, 0.4) is 0 Å². The largest absolute Gasteiger partial charge is 0.370 e. The van der Waals surface area contributed by atoms with Crippen molar-refractivity contribution in [1.82, 2.24) is 24.8 Å². The number of rotatable bonds is 11. The Morgan fingerprint density at radius 1 is 1.09 bits per heavy atom. The number of nitrogens with two attached hydrogens (primary N) is 3. The van der Waals surface area contributed by atoms with E-state index in [1.165, 1.54) is 38.9 Å². The number of hydrogen-bond acceptors (Lipinski definition) is 6. The first-order valence-corrected chi connectivity index (χ1v) is 15.7. The van der Waals surface area contributed by atoms with Gasteiger partial charge in [0.1, 0.15) is 5.65 Å². The molecule has 10 nitrogen and oxygen atoms in total. The minimum atomic E-state index is -0.301. The molecule has 238 valence electrons. The summed E-state index contributed by atoms with van der Waals surface area (Å²) in [5.41, 5.74) is 19.8. The van der Waals surface area contributed by atoms with Crippen molar-refractivity contribution in [3.05, 3.63) is 58.3 Å². The Hall–Kier alpha value is -3.21. The Bertz CT molecular complexity index is 1360. The Labute approximate surface area is 257 Å². The van der Waals surface area contributed by atoms with E-state index in [0.717, 1.165) is 54.3 Å². The molecule has 43 heavy (non-hydrogen) atoms. The van der Waals surface area contributed by atoms with Gasteiger partial charge in [0.15, 0.2) is 5.96 Å². The molecule has 1 aliphatic heterocycles. The molecule has 0 spiro atoms. The molecule has 0 aliphatic carbocycles. The molecule has 1 saturated heterocycles. The van der Waals surface area contributed by atoms with Crippen LogP contribution in [0.15, 0.2) is 46.3 Å². The Morgan fingerprint density at radius 3 is 2.42 bits per heavy atom. The second-order valence-electron chi connectivity index (χ2n) is 13.8. The zero-order valence-electron chi connectivity index (χ0n) is 27.2. The standard InChI is InChI=1S/C21H29N7O.C12H26N2/c1-21(2,3)17-11-15-13-28(20(29)27-18(15)26-17)16-7-5-14(6-8-16)12-24-9-4-10-25-19(22)23;1-12(2,3)11-6-9-14(10-11)8-5-4-7-13/h5-8,11,13,24H,4,9-10,12H2,1-3H3,(H4,22,23,25)(H,26,27,29);11H,4-10,13H2,1-3H3. The maximum absolute atomic E-state index is 12.5. The highest BCUT2D eigenvalue weighted by molar-refractivity contribution is 5.76. The molecule has 0 saturated carbocycles. The minimum Gasteiger partial charge on any atom is -0.370 e. The van der Waals surface area contributed by atoms with Crippen LogP contribution in [0.25, 0.3) is 16.7 Å². The molecule has 1 fully saturated rings. The van der Waals surface area contributed by atoms with Crippen molar-refractivity contribution < 1.29 is 0 Å². The maximum Gasteiger partial charge on any atom is 0.354 e. The fraction of sp³-hybridized carbons (Fsp3) is 0.606. The van der Waals surface area contributed by atoms with E-state index in [4.69, 9.17) is 17.2 Å². The lowest BCUT2D eigenvalue weighted by Crippen LogP contribution is -2.27. The van der Waals surface area contributed by atoms with Crippen LogP contribution in [0.5, 0.6) is 0 Å². The Morgan fingerprint density at radius 2 is 1.81 bits per heavy atom. The van der Waals surface area contributed by atoms with E-state index in [1.54, 1.807) is 4.57 Å². The molecule has 10 heteroatoms. The third-order valence-corrected chi connectivity index (χ3v) is 8.09. The van der Waals surface area contributed by atoms with Gasteiger partial charge in [0.25, 0.3) is 0 Å². The summed E-state index contributed by atoms with van der Waals surface area (Å²) in [7, 11) is 0. The van der Waals surface area contributed by atoms with Crippen LogP contribution in [-0.2, 0) is 12.0 Å². The third kappa shape index (κ3) is 10.8. The SMILES string of the molecule is CC(C)(C)C1CCN(CCCCN)C1.CC(C)(C)c1cc2cn(-c3ccc(CNCCCN=C(N)N)cc3)c(=O)nc2[nH]1. The van der Waals surface area contributed by atoms with Crippen molar-refractivity contribution in [3.63, 3.8) is 0 Å². The van der Waals surface area contributed by atoms with E-state index in [9.17, 15) is 4.79 Å². The molecule has 0 amide bonds. The molecule has 1 unspecified atom stereocenters. The summed E-state index contributed by atoms with van der Waals surface area (Å²) in [6, 6.07) is 9.93. The number of fused-ring (bicyclic) bond motifs is 1.